The lowest BCUT2D eigenvalue weighted by molar-refractivity contribution is -0.112. The molecule has 0 aliphatic heterocycles. The molecule has 2 aromatic rings. The zero-order valence-corrected chi connectivity index (χ0v) is 11.3. The first-order chi connectivity index (χ1) is 9.60. The molecule has 20 heavy (non-hydrogen) atoms. The Morgan fingerprint density at radius 1 is 0.950 bits per heavy atom. The number of anilines is 1. The minimum absolute atomic E-state index is 0.329. The molecule has 0 aliphatic rings. The van der Waals surface area contributed by atoms with Crippen molar-refractivity contribution < 1.29 is 14.3 Å². The summed E-state index contributed by atoms with van der Waals surface area (Å²) in [6.45, 7) is 1.95. The maximum atomic E-state index is 12.0. The van der Waals surface area contributed by atoms with Gasteiger partial charge in [-0.05, 0) is 43.3 Å². The monoisotopic (exact) mass is 269 g/mol. The molecular formula is C16H15NO3. The van der Waals surface area contributed by atoms with Crippen LogP contribution in [0.25, 0.3) is 0 Å². The molecule has 0 saturated heterocycles. The number of rotatable bonds is 4. The molecule has 2 rings (SSSR count). The Labute approximate surface area is 117 Å². The van der Waals surface area contributed by atoms with E-state index in [9.17, 15) is 9.59 Å². The second kappa shape index (κ2) is 6.02. The van der Waals surface area contributed by atoms with E-state index in [0.717, 1.165) is 5.56 Å². The summed E-state index contributed by atoms with van der Waals surface area (Å²) in [5, 5.41) is 2.58. The van der Waals surface area contributed by atoms with Gasteiger partial charge in [-0.1, -0.05) is 17.7 Å². The second-order valence-electron chi connectivity index (χ2n) is 4.38. The quantitative estimate of drug-likeness (QED) is 0.686. The van der Waals surface area contributed by atoms with Crippen LogP contribution in [0.3, 0.4) is 0 Å². The van der Waals surface area contributed by atoms with E-state index >= 15 is 0 Å². The molecule has 102 valence electrons. The van der Waals surface area contributed by atoms with Crippen LogP contribution in [0.15, 0.2) is 48.5 Å². The van der Waals surface area contributed by atoms with Crippen molar-refractivity contribution in [2.45, 2.75) is 6.92 Å². The number of ether oxygens (including phenoxy) is 1. The zero-order valence-electron chi connectivity index (χ0n) is 11.3. The molecule has 0 fully saturated rings. The fraction of sp³-hybridized carbons (Fsp3) is 0.125. The van der Waals surface area contributed by atoms with Gasteiger partial charge in [0.05, 0.1) is 7.11 Å². The fourth-order valence-electron chi connectivity index (χ4n) is 1.70. The van der Waals surface area contributed by atoms with Gasteiger partial charge in [0.15, 0.2) is 0 Å². The predicted molar refractivity (Wildman–Crippen MR) is 77.1 cm³/mol. The van der Waals surface area contributed by atoms with Crippen molar-refractivity contribution >= 4 is 17.4 Å². The molecule has 0 atom stereocenters. The van der Waals surface area contributed by atoms with E-state index in [-0.39, 0.29) is 0 Å². The smallest absolute Gasteiger partial charge is 0.296 e. The van der Waals surface area contributed by atoms with Crippen molar-refractivity contribution in [2.24, 2.45) is 0 Å². The number of hydrogen-bond donors (Lipinski definition) is 1. The molecule has 4 heteroatoms. The summed E-state index contributed by atoms with van der Waals surface area (Å²) in [7, 11) is 1.54. The molecular weight excluding hydrogens is 254 g/mol. The van der Waals surface area contributed by atoms with Gasteiger partial charge in [0.1, 0.15) is 5.75 Å². The molecule has 1 N–H and O–H groups in total. The molecule has 0 aliphatic carbocycles. The highest BCUT2D eigenvalue weighted by Crippen LogP contribution is 2.13. The number of amides is 1. The summed E-state index contributed by atoms with van der Waals surface area (Å²) in [5.41, 5.74) is 2.02. The highest BCUT2D eigenvalue weighted by Gasteiger charge is 2.16. The minimum atomic E-state index is -0.654. The van der Waals surface area contributed by atoms with Crippen LogP contribution in [0, 0.1) is 6.92 Å². The van der Waals surface area contributed by atoms with Crippen LogP contribution >= 0.6 is 0 Å². The van der Waals surface area contributed by atoms with E-state index < -0.39 is 11.7 Å². The normalized spacial score (nSPS) is 9.90. The van der Waals surface area contributed by atoms with E-state index in [1.54, 1.807) is 43.5 Å². The highest BCUT2D eigenvalue weighted by atomic mass is 16.5. The van der Waals surface area contributed by atoms with Gasteiger partial charge >= 0.3 is 0 Å². The molecule has 0 bridgehead atoms. The predicted octanol–water partition coefficient (Wildman–Crippen LogP) is 2.83. The average molecular weight is 269 g/mol. The summed E-state index contributed by atoms with van der Waals surface area (Å²) in [5.74, 6) is -0.590. The van der Waals surface area contributed by atoms with Crippen LogP contribution < -0.4 is 10.1 Å². The van der Waals surface area contributed by atoms with Crippen molar-refractivity contribution in [3.63, 3.8) is 0 Å². The highest BCUT2D eigenvalue weighted by molar-refractivity contribution is 6.46. The second-order valence-corrected chi connectivity index (χ2v) is 4.38. The average Bonchev–Trinajstić information content (AvgIpc) is 2.49. The largest absolute Gasteiger partial charge is 0.497 e. The lowest BCUT2D eigenvalue weighted by Crippen LogP contribution is -2.22. The van der Waals surface area contributed by atoms with Crippen LogP contribution in [0.4, 0.5) is 5.69 Å². The van der Waals surface area contributed by atoms with Gasteiger partial charge in [-0.15, -0.1) is 0 Å². The Morgan fingerprint density at radius 3 is 2.10 bits per heavy atom. The zero-order chi connectivity index (χ0) is 14.5. The van der Waals surface area contributed by atoms with Gasteiger partial charge in [0, 0.05) is 11.3 Å². The SMILES string of the molecule is COc1ccc(C(=O)C(=O)Nc2ccc(C)cc2)cc1. The topological polar surface area (TPSA) is 55.4 Å². The molecule has 1 amide bonds. The van der Waals surface area contributed by atoms with Gasteiger partial charge < -0.3 is 10.1 Å². The van der Waals surface area contributed by atoms with Crippen molar-refractivity contribution in [1.82, 2.24) is 0 Å². The molecule has 0 heterocycles. The summed E-state index contributed by atoms with van der Waals surface area (Å²) in [6.07, 6.45) is 0. The number of ketones is 1. The number of Topliss-reactive ketones (excluding diaryl/α,β-unsaturated/α-hetero) is 1. The standard InChI is InChI=1S/C16H15NO3/c1-11-3-7-13(8-4-11)17-16(19)15(18)12-5-9-14(20-2)10-6-12/h3-10H,1-2H3,(H,17,19). The van der Waals surface area contributed by atoms with Crippen molar-refractivity contribution in [1.29, 1.82) is 0 Å². The van der Waals surface area contributed by atoms with Crippen LogP contribution in [0.5, 0.6) is 5.75 Å². The molecule has 4 nitrogen and oxygen atoms in total. The van der Waals surface area contributed by atoms with Gasteiger partial charge in [-0.2, -0.15) is 0 Å². The van der Waals surface area contributed by atoms with Crippen LogP contribution in [0.1, 0.15) is 15.9 Å². The Bertz CT molecular complexity index is 615. The van der Waals surface area contributed by atoms with E-state index in [4.69, 9.17) is 4.74 Å². The molecule has 0 unspecified atom stereocenters. The number of benzene rings is 2. The van der Waals surface area contributed by atoms with Crippen molar-refractivity contribution in [3.8, 4) is 5.75 Å². The summed E-state index contributed by atoms with van der Waals surface area (Å²) >= 11 is 0. The number of carbonyl (C=O) groups is 2. The van der Waals surface area contributed by atoms with Gasteiger partial charge in [0.25, 0.3) is 11.7 Å². The Hall–Kier alpha value is -2.62. The number of nitrogens with one attached hydrogen (secondary N) is 1. The summed E-state index contributed by atoms with van der Waals surface area (Å²) in [4.78, 5) is 23.8. The first-order valence-electron chi connectivity index (χ1n) is 6.16. The Morgan fingerprint density at radius 2 is 1.55 bits per heavy atom. The first-order valence-corrected chi connectivity index (χ1v) is 6.16. The number of methoxy groups -OCH3 is 1. The first kappa shape index (κ1) is 13.8. The minimum Gasteiger partial charge on any atom is -0.497 e. The number of hydrogen-bond acceptors (Lipinski definition) is 3. The maximum Gasteiger partial charge on any atom is 0.296 e. The molecule has 0 radical (unpaired) electrons. The van der Waals surface area contributed by atoms with E-state index in [1.165, 1.54) is 0 Å². The lowest BCUT2D eigenvalue weighted by Gasteiger charge is -2.05. The van der Waals surface area contributed by atoms with Gasteiger partial charge in [-0.25, -0.2) is 0 Å². The molecule has 0 aromatic heterocycles. The van der Waals surface area contributed by atoms with Crippen molar-refractivity contribution in [3.05, 3.63) is 59.7 Å². The van der Waals surface area contributed by atoms with Gasteiger partial charge in [0.2, 0.25) is 0 Å². The third-order valence-corrected chi connectivity index (χ3v) is 2.87. The summed E-state index contributed by atoms with van der Waals surface area (Å²) in [6, 6.07) is 13.7. The van der Waals surface area contributed by atoms with Gasteiger partial charge in [-0.3, -0.25) is 9.59 Å². The number of carbonyl (C=O) groups excluding carboxylic acids is 2. The summed E-state index contributed by atoms with van der Waals surface area (Å²) < 4.78 is 5.00. The van der Waals surface area contributed by atoms with E-state index in [0.29, 0.717) is 17.0 Å². The Kier molecular flexibility index (Phi) is 4.15. The van der Waals surface area contributed by atoms with Crippen molar-refractivity contribution in [2.75, 3.05) is 12.4 Å². The molecule has 0 spiro atoms. The maximum absolute atomic E-state index is 12.0. The lowest BCUT2D eigenvalue weighted by atomic mass is 10.1. The van der Waals surface area contributed by atoms with E-state index in [1.807, 2.05) is 19.1 Å². The van der Waals surface area contributed by atoms with Crippen LogP contribution in [-0.4, -0.2) is 18.8 Å². The molecule has 0 saturated carbocycles. The van der Waals surface area contributed by atoms with Crippen LogP contribution in [-0.2, 0) is 4.79 Å². The third-order valence-electron chi connectivity index (χ3n) is 2.87. The number of aryl methyl sites for hydroxylation is 1. The van der Waals surface area contributed by atoms with E-state index in [2.05, 4.69) is 5.32 Å². The fourth-order valence-corrected chi connectivity index (χ4v) is 1.70. The third kappa shape index (κ3) is 3.23. The van der Waals surface area contributed by atoms with Crippen LogP contribution in [0.2, 0.25) is 0 Å². The Balaban J connectivity index is 2.07. The molecule has 2 aromatic carbocycles.